The van der Waals surface area contributed by atoms with Gasteiger partial charge in [-0.25, -0.2) is 4.98 Å². The van der Waals surface area contributed by atoms with E-state index >= 15 is 0 Å². The molecule has 7 heteroatoms. The predicted octanol–water partition coefficient (Wildman–Crippen LogP) is 2.32. The second kappa shape index (κ2) is 5.38. The first-order valence-corrected chi connectivity index (χ1v) is 7.10. The zero-order valence-electron chi connectivity index (χ0n) is 10.9. The molecule has 0 atom stereocenters. The first-order chi connectivity index (χ1) is 9.76. The van der Waals surface area contributed by atoms with Crippen molar-refractivity contribution in [1.29, 1.82) is 0 Å². The lowest BCUT2D eigenvalue weighted by Gasteiger charge is -2.00. The molecule has 3 rings (SSSR count). The van der Waals surface area contributed by atoms with Crippen molar-refractivity contribution in [3.05, 3.63) is 41.0 Å². The van der Waals surface area contributed by atoms with Gasteiger partial charge in [0.2, 0.25) is 11.7 Å². The van der Waals surface area contributed by atoms with Gasteiger partial charge in [0.05, 0.1) is 12.1 Å². The van der Waals surface area contributed by atoms with Crippen LogP contribution < -0.4 is 5.73 Å². The molecule has 3 aromatic rings. The summed E-state index contributed by atoms with van der Waals surface area (Å²) in [6.45, 7) is 2.07. The molecule has 0 aliphatic carbocycles. The number of hydrogen-bond acceptors (Lipinski definition) is 7. The van der Waals surface area contributed by atoms with Crippen molar-refractivity contribution < 1.29 is 4.52 Å². The summed E-state index contributed by atoms with van der Waals surface area (Å²) in [4.78, 5) is 12.7. The third-order valence-corrected chi connectivity index (χ3v) is 3.62. The third-order valence-electron chi connectivity index (χ3n) is 2.90. The van der Waals surface area contributed by atoms with Crippen molar-refractivity contribution in [2.45, 2.75) is 19.8 Å². The van der Waals surface area contributed by atoms with E-state index in [0.29, 0.717) is 23.3 Å². The summed E-state index contributed by atoms with van der Waals surface area (Å²) in [6.07, 6.45) is 4.92. The van der Waals surface area contributed by atoms with Gasteiger partial charge in [-0.15, -0.1) is 11.3 Å². The van der Waals surface area contributed by atoms with Gasteiger partial charge in [-0.05, 0) is 18.1 Å². The molecule has 0 fully saturated rings. The van der Waals surface area contributed by atoms with Crippen molar-refractivity contribution in [2.75, 3.05) is 5.73 Å². The maximum Gasteiger partial charge on any atom is 0.233 e. The largest absolute Gasteiger partial charge is 0.375 e. The van der Waals surface area contributed by atoms with Crippen LogP contribution in [0.4, 0.5) is 5.13 Å². The number of hydrogen-bond donors (Lipinski definition) is 1. The first-order valence-electron chi connectivity index (χ1n) is 6.22. The summed E-state index contributed by atoms with van der Waals surface area (Å²) in [5.74, 6) is 1.12. The number of pyridine rings is 1. The van der Waals surface area contributed by atoms with E-state index in [9.17, 15) is 0 Å². The fourth-order valence-electron chi connectivity index (χ4n) is 1.92. The standard InChI is InChI=1S/C13H13N5OS/c1-2-8-6-15-4-3-10(8)12-17-11(19-18-12)5-9-7-20-13(14)16-9/h3-4,6-7H,2,5H2,1H3,(H2,14,16). The van der Waals surface area contributed by atoms with E-state index in [0.717, 1.165) is 23.2 Å². The van der Waals surface area contributed by atoms with E-state index < -0.39 is 0 Å². The Labute approximate surface area is 119 Å². The van der Waals surface area contributed by atoms with Gasteiger partial charge in [-0.2, -0.15) is 4.98 Å². The molecule has 6 nitrogen and oxygen atoms in total. The average Bonchev–Trinajstić information content (AvgIpc) is 3.08. The second-order valence-corrected chi connectivity index (χ2v) is 5.14. The lowest BCUT2D eigenvalue weighted by Crippen LogP contribution is -1.92. The zero-order valence-corrected chi connectivity index (χ0v) is 11.7. The molecule has 0 radical (unpaired) electrons. The SMILES string of the molecule is CCc1cnccc1-c1noc(Cc2csc(N)n2)n1. The Morgan fingerprint density at radius 3 is 3.00 bits per heavy atom. The highest BCUT2D eigenvalue weighted by molar-refractivity contribution is 7.13. The molecule has 0 aromatic carbocycles. The van der Waals surface area contributed by atoms with E-state index in [2.05, 4.69) is 27.0 Å². The molecule has 2 N–H and O–H groups in total. The van der Waals surface area contributed by atoms with Crippen LogP contribution in [-0.2, 0) is 12.8 Å². The summed E-state index contributed by atoms with van der Waals surface area (Å²) < 4.78 is 5.27. The Morgan fingerprint density at radius 2 is 2.25 bits per heavy atom. The molecular formula is C13H13N5OS. The zero-order chi connectivity index (χ0) is 13.9. The van der Waals surface area contributed by atoms with Gasteiger partial charge in [0.15, 0.2) is 5.13 Å². The summed E-state index contributed by atoms with van der Waals surface area (Å²) in [5.41, 5.74) is 8.49. The van der Waals surface area contributed by atoms with Crippen LogP contribution >= 0.6 is 11.3 Å². The minimum atomic E-state index is 0.493. The number of nitrogen functional groups attached to an aromatic ring is 1. The Balaban J connectivity index is 1.86. The first kappa shape index (κ1) is 12.7. The summed E-state index contributed by atoms with van der Waals surface area (Å²) in [5, 5.41) is 6.46. The van der Waals surface area contributed by atoms with Gasteiger partial charge in [-0.3, -0.25) is 4.98 Å². The van der Waals surface area contributed by atoms with E-state index in [1.54, 1.807) is 6.20 Å². The summed E-state index contributed by atoms with van der Waals surface area (Å²) in [7, 11) is 0. The van der Waals surface area contributed by atoms with Crippen LogP contribution in [0.3, 0.4) is 0 Å². The smallest absolute Gasteiger partial charge is 0.233 e. The molecule has 0 spiro atoms. The van der Waals surface area contributed by atoms with Crippen LogP contribution in [0.1, 0.15) is 24.1 Å². The van der Waals surface area contributed by atoms with Crippen LogP contribution in [0.5, 0.6) is 0 Å². The van der Waals surface area contributed by atoms with Gasteiger partial charge in [-0.1, -0.05) is 12.1 Å². The molecule has 0 saturated carbocycles. The Bertz CT molecular complexity index is 721. The lowest BCUT2D eigenvalue weighted by molar-refractivity contribution is 0.385. The molecule has 20 heavy (non-hydrogen) atoms. The van der Waals surface area contributed by atoms with E-state index in [1.807, 2.05) is 17.6 Å². The van der Waals surface area contributed by atoms with E-state index in [-0.39, 0.29) is 0 Å². The van der Waals surface area contributed by atoms with Crippen molar-refractivity contribution in [1.82, 2.24) is 20.1 Å². The van der Waals surface area contributed by atoms with Crippen molar-refractivity contribution in [3.8, 4) is 11.4 Å². The summed E-state index contributed by atoms with van der Waals surface area (Å²) >= 11 is 1.40. The van der Waals surface area contributed by atoms with E-state index in [4.69, 9.17) is 10.3 Å². The fourth-order valence-corrected chi connectivity index (χ4v) is 2.48. The maximum atomic E-state index is 5.60. The minimum Gasteiger partial charge on any atom is -0.375 e. The molecule has 3 heterocycles. The van der Waals surface area contributed by atoms with Crippen LogP contribution in [0.2, 0.25) is 0 Å². The van der Waals surface area contributed by atoms with Crippen molar-refractivity contribution >= 4 is 16.5 Å². The highest BCUT2D eigenvalue weighted by atomic mass is 32.1. The quantitative estimate of drug-likeness (QED) is 0.792. The topological polar surface area (TPSA) is 90.7 Å². The van der Waals surface area contributed by atoms with Gasteiger partial charge < -0.3 is 10.3 Å². The Morgan fingerprint density at radius 1 is 1.35 bits per heavy atom. The number of rotatable bonds is 4. The number of nitrogens with zero attached hydrogens (tertiary/aromatic N) is 4. The van der Waals surface area contributed by atoms with Crippen LogP contribution in [-0.4, -0.2) is 20.1 Å². The van der Waals surface area contributed by atoms with Gasteiger partial charge >= 0.3 is 0 Å². The lowest BCUT2D eigenvalue weighted by atomic mass is 10.1. The molecule has 0 aliphatic heterocycles. The molecule has 0 bridgehead atoms. The van der Waals surface area contributed by atoms with Crippen molar-refractivity contribution in [2.24, 2.45) is 0 Å². The minimum absolute atomic E-state index is 0.493. The Hall–Kier alpha value is -2.28. The molecule has 102 valence electrons. The van der Waals surface area contributed by atoms with Crippen LogP contribution in [0.25, 0.3) is 11.4 Å². The highest BCUT2D eigenvalue weighted by Crippen LogP contribution is 2.21. The number of thiazole rings is 1. The average molecular weight is 287 g/mol. The highest BCUT2D eigenvalue weighted by Gasteiger charge is 2.13. The second-order valence-electron chi connectivity index (χ2n) is 4.25. The number of anilines is 1. The molecule has 3 aromatic heterocycles. The van der Waals surface area contributed by atoms with E-state index in [1.165, 1.54) is 11.3 Å². The predicted molar refractivity (Wildman–Crippen MR) is 76.2 cm³/mol. The van der Waals surface area contributed by atoms with Gasteiger partial charge in [0, 0.05) is 23.3 Å². The van der Waals surface area contributed by atoms with Gasteiger partial charge in [0.1, 0.15) is 0 Å². The molecule has 0 aliphatic rings. The monoisotopic (exact) mass is 287 g/mol. The molecule has 0 unspecified atom stereocenters. The molecular weight excluding hydrogens is 274 g/mol. The molecule has 0 amide bonds. The normalized spacial score (nSPS) is 10.8. The number of aryl methyl sites for hydroxylation is 1. The maximum absolute atomic E-state index is 5.60. The summed E-state index contributed by atoms with van der Waals surface area (Å²) in [6, 6.07) is 1.90. The molecule has 0 saturated heterocycles. The van der Waals surface area contributed by atoms with Crippen LogP contribution in [0, 0.1) is 0 Å². The third kappa shape index (κ3) is 2.53. The Kier molecular flexibility index (Phi) is 3.42. The van der Waals surface area contributed by atoms with Gasteiger partial charge in [0.25, 0.3) is 0 Å². The number of nitrogens with two attached hydrogens (primary N) is 1. The number of aromatic nitrogens is 4. The van der Waals surface area contributed by atoms with Crippen molar-refractivity contribution in [3.63, 3.8) is 0 Å². The fraction of sp³-hybridized carbons (Fsp3) is 0.231. The van der Waals surface area contributed by atoms with Crippen LogP contribution in [0.15, 0.2) is 28.4 Å².